The lowest BCUT2D eigenvalue weighted by Crippen LogP contribution is -2.33. The molecule has 2 rings (SSSR count). The van der Waals surface area contributed by atoms with Gasteiger partial charge in [0.25, 0.3) is 5.69 Å². The Morgan fingerprint density at radius 1 is 1.70 bits per heavy atom. The van der Waals surface area contributed by atoms with E-state index in [-0.39, 0.29) is 22.7 Å². The zero-order chi connectivity index (χ0) is 14.8. The van der Waals surface area contributed by atoms with Crippen molar-refractivity contribution in [3.05, 3.63) is 27.9 Å². The number of nitrogens with one attached hydrogen (secondary N) is 1. The molecule has 1 fully saturated rings. The Kier molecular flexibility index (Phi) is 3.84. The third-order valence-corrected chi connectivity index (χ3v) is 3.24. The molecule has 1 saturated heterocycles. The first-order valence-electron chi connectivity index (χ1n) is 6.17. The first-order chi connectivity index (χ1) is 9.41. The monoisotopic (exact) mass is 281 g/mol. The highest BCUT2D eigenvalue weighted by Crippen LogP contribution is 2.26. The molecule has 1 aromatic heterocycles. The highest BCUT2D eigenvalue weighted by Gasteiger charge is 2.30. The normalized spacial score (nSPS) is 21.6. The van der Waals surface area contributed by atoms with Gasteiger partial charge < -0.3 is 15.2 Å². The fraction of sp³-hybridized carbons (Fsp3) is 0.500. The van der Waals surface area contributed by atoms with Gasteiger partial charge in [-0.05, 0) is 19.8 Å². The van der Waals surface area contributed by atoms with Crippen molar-refractivity contribution in [2.75, 3.05) is 18.5 Å². The van der Waals surface area contributed by atoms with E-state index in [2.05, 4.69) is 10.3 Å². The van der Waals surface area contributed by atoms with Crippen LogP contribution in [0.2, 0.25) is 0 Å². The molecule has 2 heterocycles. The fourth-order valence-corrected chi connectivity index (χ4v) is 2.10. The second-order valence-corrected chi connectivity index (χ2v) is 4.91. The van der Waals surface area contributed by atoms with Crippen molar-refractivity contribution in [3.8, 4) is 0 Å². The molecule has 8 nitrogen and oxygen atoms in total. The van der Waals surface area contributed by atoms with Crippen molar-refractivity contribution in [2.45, 2.75) is 25.4 Å². The fourth-order valence-electron chi connectivity index (χ4n) is 2.10. The van der Waals surface area contributed by atoms with Crippen LogP contribution in [0, 0.1) is 10.1 Å². The Labute approximate surface area is 114 Å². The van der Waals surface area contributed by atoms with Crippen LogP contribution in [0.5, 0.6) is 0 Å². The van der Waals surface area contributed by atoms with Gasteiger partial charge in [0.05, 0.1) is 10.5 Å². The average Bonchev–Trinajstić information content (AvgIpc) is 2.83. The molecular weight excluding hydrogens is 266 g/mol. The lowest BCUT2D eigenvalue weighted by molar-refractivity contribution is -0.385. The van der Waals surface area contributed by atoms with E-state index in [9.17, 15) is 14.9 Å². The zero-order valence-corrected chi connectivity index (χ0v) is 11.0. The van der Waals surface area contributed by atoms with Gasteiger partial charge in [-0.1, -0.05) is 0 Å². The number of nitro groups is 1. The van der Waals surface area contributed by atoms with E-state index in [1.54, 1.807) is 0 Å². The van der Waals surface area contributed by atoms with Gasteiger partial charge >= 0.3 is 5.97 Å². The minimum Gasteiger partial charge on any atom is -0.478 e. The average molecular weight is 281 g/mol. The van der Waals surface area contributed by atoms with Crippen LogP contribution >= 0.6 is 0 Å². The SMILES string of the molecule is CC1(CNc2ncc([N+](=O)[O-])cc2C(=O)O)CCCO1. The number of aromatic carboxylic acids is 1. The summed E-state index contributed by atoms with van der Waals surface area (Å²) in [4.78, 5) is 24.9. The summed E-state index contributed by atoms with van der Waals surface area (Å²) in [5.41, 5.74) is -0.934. The summed E-state index contributed by atoms with van der Waals surface area (Å²) in [6, 6.07) is 0.996. The topological polar surface area (TPSA) is 115 Å². The summed E-state index contributed by atoms with van der Waals surface area (Å²) in [5, 5.41) is 22.6. The largest absolute Gasteiger partial charge is 0.478 e. The number of pyridine rings is 1. The van der Waals surface area contributed by atoms with E-state index in [0.29, 0.717) is 13.2 Å². The van der Waals surface area contributed by atoms with Gasteiger partial charge in [0.15, 0.2) is 0 Å². The van der Waals surface area contributed by atoms with Crippen molar-refractivity contribution in [2.24, 2.45) is 0 Å². The zero-order valence-electron chi connectivity index (χ0n) is 11.0. The van der Waals surface area contributed by atoms with Crippen molar-refractivity contribution in [3.63, 3.8) is 0 Å². The Bertz CT molecular complexity index is 540. The maximum Gasteiger partial charge on any atom is 0.339 e. The molecule has 8 heteroatoms. The van der Waals surface area contributed by atoms with Crippen LogP contribution in [0.4, 0.5) is 11.5 Å². The molecule has 0 aliphatic carbocycles. The number of carboxylic acids is 1. The van der Waals surface area contributed by atoms with Gasteiger partial charge in [-0.15, -0.1) is 0 Å². The van der Waals surface area contributed by atoms with Crippen molar-refractivity contribution >= 4 is 17.5 Å². The van der Waals surface area contributed by atoms with E-state index < -0.39 is 10.9 Å². The number of anilines is 1. The lowest BCUT2D eigenvalue weighted by Gasteiger charge is -2.24. The minimum absolute atomic E-state index is 0.111. The molecule has 0 saturated carbocycles. The van der Waals surface area contributed by atoms with E-state index >= 15 is 0 Å². The van der Waals surface area contributed by atoms with Crippen LogP contribution in [0.25, 0.3) is 0 Å². The number of nitrogens with zero attached hydrogens (tertiary/aromatic N) is 2. The van der Waals surface area contributed by atoms with Gasteiger partial charge in [0.2, 0.25) is 0 Å². The molecule has 1 aliphatic rings. The Balaban J connectivity index is 2.18. The number of aromatic nitrogens is 1. The molecule has 108 valence electrons. The standard InChI is InChI=1S/C12H15N3O5/c1-12(3-2-4-20-12)7-14-10-9(11(16)17)5-8(6-13-10)15(18)19/h5-6H,2-4,7H2,1H3,(H,13,14)(H,16,17). The van der Waals surface area contributed by atoms with Crippen molar-refractivity contribution in [1.29, 1.82) is 0 Å². The van der Waals surface area contributed by atoms with Crippen LogP contribution in [0.3, 0.4) is 0 Å². The molecular formula is C12H15N3O5. The maximum atomic E-state index is 11.1. The highest BCUT2D eigenvalue weighted by molar-refractivity contribution is 5.93. The second kappa shape index (κ2) is 5.41. The second-order valence-electron chi connectivity index (χ2n) is 4.91. The van der Waals surface area contributed by atoms with Gasteiger partial charge in [0, 0.05) is 19.2 Å². The summed E-state index contributed by atoms with van der Waals surface area (Å²) >= 11 is 0. The predicted molar refractivity (Wildman–Crippen MR) is 69.9 cm³/mol. The Morgan fingerprint density at radius 3 is 3.00 bits per heavy atom. The van der Waals surface area contributed by atoms with Crippen LogP contribution in [-0.2, 0) is 4.74 Å². The third kappa shape index (κ3) is 3.02. The maximum absolute atomic E-state index is 11.1. The van der Waals surface area contributed by atoms with Gasteiger partial charge in [-0.2, -0.15) is 0 Å². The van der Waals surface area contributed by atoms with E-state index in [1.165, 1.54) is 0 Å². The Morgan fingerprint density at radius 2 is 2.45 bits per heavy atom. The molecule has 2 N–H and O–H groups in total. The number of ether oxygens (including phenoxy) is 1. The molecule has 1 unspecified atom stereocenters. The smallest absolute Gasteiger partial charge is 0.339 e. The molecule has 1 atom stereocenters. The highest BCUT2D eigenvalue weighted by atomic mass is 16.6. The molecule has 1 aliphatic heterocycles. The molecule has 20 heavy (non-hydrogen) atoms. The van der Waals surface area contributed by atoms with Crippen LogP contribution in [0.15, 0.2) is 12.3 Å². The molecule has 0 spiro atoms. The van der Waals surface area contributed by atoms with E-state index in [0.717, 1.165) is 25.1 Å². The van der Waals surface area contributed by atoms with Gasteiger partial charge in [0.1, 0.15) is 17.6 Å². The Hall–Kier alpha value is -2.22. The quantitative estimate of drug-likeness (QED) is 0.623. The van der Waals surface area contributed by atoms with Crippen LogP contribution in [0.1, 0.15) is 30.1 Å². The summed E-state index contributed by atoms with van der Waals surface area (Å²) in [6.45, 7) is 3.01. The predicted octanol–water partition coefficient (Wildman–Crippen LogP) is 1.67. The molecule has 0 radical (unpaired) electrons. The van der Waals surface area contributed by atoms with Crippen LogP contribution in [-0.4, -0.2) is 39.7 Å². The summed E-state index contributed by atoms with van der Waals surface area (Å²) in [6.07, 6.45) is 2.86. The first kappa shape index (κ1) is 14.2. The number of carboxylic acid groups (broad SMARTS) is 1. The van der Waals surface area contributed by atoms with Crippen molar-refractivity contribution < 1.29 is 19.6 Å². The van der Waals surface area contributed by atoms with E-state index in [1.807, 2.05) is 6.92 Å². The van der Waals surface area contributed by atoms with Gasteiger partial charge in [-0.25, -0.2) is 9.78 Å². The van der Waals surface area contributed by atoms with E-state index in [4.69, 9.17) is 9.84 Å². The number of hydrogen-bond donors (Lipinski definition) is 2. The number of hydrogen-bond acceptors (Lipinski definition) is 6. The summed E-state index contributed by atoms with van der Waals surface area (Å²) in [7, 11) is 0. The molecule has 1 aromatic rings. The number of carbonyl (C=O) groups is 1. The molecule has 0 bridgehead atoms. The molecule has 0 amide bonds. The molecule has 0 aromatic carbocycles. The van der Waals surface area contributed by atoms with Crippen molar-refractivity contribution in [1.82, 2.24) is 4.98 Å². The first-order valence-corrected chi connectivity index (χ1v) is 6.17. The van der Waals surface area contributed by atoms with Crippen LogP contribution < -0.4 is 5.32 Å². The lowest BCUT2D eigenvalue weighted by atomic mass is 10.0. The minimum atomic E-state index is -1.26. The number of rotatable bonds is 5. The third-order valence-electron chi connectivity index (χ3n) is 3.24. The summed E-state index contributed by atoms with van der Waals surface area (Å²) < 4.78 is 5.58. The summed E-state index contributed by atoms with van der Waals surface area (Å²) in [5.74, 6) is -1.15. The van der Waals surface area contributed by atoms with Gasteiger partial charge in [-0.3, -0.25) is 10.1 Å².